The lowest BCUT2D eigenvalue weighted by molar-refractivity contribution is 0.0483. The maximum atomic E-state index is 5.97. The van der Waals surface area contributed by atoms with E-state index in [1.54, 1.807) is 14.2 Å². The Morgan fingerprint density at radius 3 is 2.65 bits per heavy atom. The molecule has 0 spiro atoms. The zero-order chi connectivity index (χ0) is 12.7. The monoisotopic (exact) mass is 239 g/mol. The Balaban J connectivity index is 2.92. The van der Waals surface area contributed by atoms with Gasteiger partial charge in [-0.1, -0.05) is 19.1 Å². The molecule has 0 aromatic heterocycles. The van der Waals surface area contributed by atoms with Crippen LogP contribution < -0.4 is 15.2 Å². The van der Waals surface area contributed by atoms with Gasteiger partial charge in [-0.25, -0.2) is 0 Å². The van der Waals surface area contributed by atoms with Crippen molar-refractivity contribution in [2.24, 2.45) is 5.73 Å². The largest absolute Gasteiger partial charge is 0.493 e. The van der Waals surface area contributed by atoms with E-state index in [-0.39, 0.29) is 12.8 Å². The maximum absolute atomic E-state index is 5.97. The summed E-state index contributed by atoms with van der Waals surface area (Å²) in [6, 6.07) is 5.94. The molecule has 4 heteroatoms. The number of nitrogens with two attached hydrogens (primary N) is 1. The summed E-state index contributed by atoms with van der Waals surface area (Å²) in [5.41, 5.74) is 7.02. The average Bonchev–Trinajstić information content (AvgIpc) is 2.36. The first-order valence-electron chi connectivity index (χ1n) is 5.76. The fourth-order valence-electron chi connectivity index (χ4n) is 1.59. The lowest BCUT2D eigenvalue weighted by atomic mass is 10.0. The molecule has 0 heterocycles. The molecule has 0 bridgehead atoms. The smallest absolute Gasteiger partial charge is 0.188 e. The third-order valence-corrected chi connectivity index (χ3v) is 2.61. The van der Waals surface area contributed by atoms with E-state index in [2.05, 4.69) is 6.92 Å². The lowest BCUT2D eigenvalue weighted by Gasteiger charge is -2.16. The standard InChI is InChI=1S/C13H21NO3/c1-4-11(14)8-10-6-5-7-12(16-3)13(10)17-9-15-2/h5-7,11H,4,8-9,14H2,1-3H3. The summed E-state index contributed by atoms with van der Waals surface area (Å²) in [5.74, 6) is 1.43. The summed E-state index contributed by atoms with van der Waals surface area (Å²) in [6.07, 6.45) is 1.70. The van der Waals surface area contributed by atoms with Crippen molar-refractivity contribution in [1.29, 1.82) is 0 Å². The van der Waals surface area contributed by atoms with Crippen LogP contribution in [0.4, 0.5) is 0 Å². The molecule has 1 unspecified atom stereocenters. The summed E-state index contributed by atoms with van der Waals surface area (Å²) in [4.78, 5) is 0. The second-order valence-electron chi connectivity index (χ2n) is 3.87. The Morgan fingerprint density at radius 1 is 1.29 bits per heavy atom. The molecule has 1 aromatic rings. The van der Waals surface area contributed by atoms with Gasteiger partial charge in [0.1, 0.15) is 0 Å². The highest BCUT2D eigenvalue weighted by Gasteiger charge is 2.12. The number of rotatable bonds is 7. The zero-order valence-electron chi connectivity index (χ0n) is 10.7. The van der Waals surface area contributed by atoms with Crippen LogP contribution in [-0.2, 0) is 11.2 Å². The molecular formula is C13H21NO3. The first-order chi connectivity index (χ1) is 8.22. The van der Waals surface area contributed by atoms with Gasteiger partial charge in [0.15, 0.2) is 18.3 Å². The van der Waals surface area contributed by atoms with E-state index in [1.165, 1.54) is 0 Å². The molecule has 17 heavy (non-hydrogen) atoms. The van der Waals surface area contributed by atoms with E-state index in [1.807, 2.05) is 18.2 Å². The molecule has 1 atom stereocenters. The zero-order valence-corrected chi connectivity index (χ0v) is 10.7. The van der Waals surface area contributed by atoms with E-state index in [9.17, 15) is 0 Å². The van der Waals surface area contributed by atoms with Crippen molar-refractivity contribution < 1.29 is 14.2 Å². The second kappa shape index (κ2) is 7.14. The van der Waals surface area contributed by atoms with Gasteiger partial charge in [-0.15, -0.1) is 0 Å². The molecule has 4 nitrogen and oxygen atoms in total. The van der Waals surface area contributed by atoms with Crippen LogP contribution in [0.3, 0.4) is 0 Å². The van der Waals surface area contributed by atoms with Crippen LogP contribution in [0.1, 0.15) is 18.9 Å². The summed E-state index contributed by atoms with van der Waals surface area (Å²) < 4.78 is 15.8. The summed E-state index contributed by atoms with van der Waals surface area (Å²) >= 11 is 0. The highest BCUT2D eigenvalue weighted by Crippen LogP contribution is 2.31. The molecule has 0 aliphatic carbocycles. The van der Waals surface area contributed by atoms with Crippen LogP contribution in [0.5, 0.6) is 11.5 Å². The number of para-hydroxylation sites is 1. The minimum absolute atomic E-state index is 0.131. The van der Waals surface area contributed by atoms with E-state index >= 15 is 0 Å². The van der Waals surface area contributed by atoms with Crippen LogP contribution in [0.15, 0.2) is 18.2 Å². The van der Waals surface area contributed by atoms with E-state index in [4.69, 9.17) is 19.9 Å². The van der Waals surface area contributed by atoms with Crippen LogP contribution in [0.2, 0.25) is 0 Å². The van der Waals surface area contributed by atoms with Gasteiger partial charge in [-0.3, -0.25) is 0 Å². The molecule has 1 aromatic carbocycles. The predicted molar refractivity (Wildman–Crippen MR) is 67.5 cm³/mol. The molecule has 0 saturated carbocycles. The number of hydrogen-bond donors (Lipinski definition) is 1. The van der Waals surface area contributed by atoms with Gasteiger partial charge in [0, 0.05) is 13.2 Å². The van der Waals surface area contributed by atoms with Crippen LogP contribution in [0.25, 0.3) is 0 Å². The van der Waals surface area contributed by atoms with Crippen LogP contribution in [-0.4, -0.2) is 27.1 Å². The molecule has 1 rings (SSSR count). The molecule has 0 fully saturated rings. The van der Waals surface area contributed by atoms with Gasteiger partial charge in [0.05, 0.1) is 7.11 Å². The Kier molecular flexibility index (Phi) is 5.80. The topological polar surface area (TPSA) is 53.7 Å². The molecule has 96 valence electrons. The maximum Gasteiger partial charge on any atom is 0.188 e. The first kappa shape index (κ1) is 13.8. The van der Waals surface area contributed by atoms with Gasteiger partial charge < -0.3 is 19.9 Å². The second-order valence-corrected chi connectivity index (χ2v) is 3.87. The van der Waals surface area contributed by atoms with E-state index in [0.717, 1.165) is 24.2 Å². The van der Waals surface area contributed by atoms with Crippen molar-refractivity contribution in [3.63, 3.8) is 0 Å². The Morgan fingerprint density at radius 2 is 2.06 bits per heavy atom. The van der Waals surface area contributed by atoms with E-state index in [0.29, 0.717) is 5.75 Å². The lowest BCUT2D eigenvalue weighted by Crippen LogP contribution is -2.22. The Bertz CT molecular complexity index is 341. The molecule has 0 aliphatic heterocycles. The molecule has 0 aliphatic rings. The van der Waals surface area contributed by atoms with Crippen molar-refractivity contribution in [3.8, 4) is 11.5 Å². The molecule has 0 amide bonds. The third-order valence-electron chi connectivity index (χ3n) is 2.61. The van der Waals surface area contributed by atoms with Crippen molar-refractivity contribution in [2.45, 2.75) is 25.8 Å². The van der Waals surface area contributed by atoms with Crippen molar-refractivity contribution in [1.82, 2.24) is 0 Å². The number of ether oxygens (including phenoxy) is 3. The van der Waals surface area contributed by atoms with Crippen molar-refractivity contribution in [2.75, 3.05) is 21.0 Å². The Hall–Kier alpha value is -1.26. The highest BCUT2D eigenvalue weighted by atomic mass is 16.7. The average molecular weight is 239 g/mol. The van der Waals surface area contributed by atoms with Gasteiger partial charge in [0.25, 0.3) is 0 Å². The normalized spacial score (nSPS) is 12.2. The molecule has 2 N–H and O–H groups in total. The van der Waals surface area contributed by atoms with Crippen molar-refractivity contribution >= 4 is 0 Å². The third kappa shape index (κ3) is 3.91. The van der Waals surface area contributed by atoms with Crippen LogP contribution in [0, 0.1) is 0 Å². The molecule has 0 saturated heterocycles. The van der Waals surface area contributed by atoms with Gasteiger partial charge >= 0.3 is 0 Å². The fourth-order valence-corrected chi connectivity index (χ4v) is 1.59. The number of benzene rings is 1. The van der Waals surface area contributed by atoms with Crippen molar-refractivity contribution in [3.05, 3.63) is 23.8 Å². The summed E-state index contributed by atoms with van der Waals surface area (Å²) in [7, 11) is 3.21. The highest BCUT2D eigenvalue weighted by molar-refractivity contribution is 5.46. The summed E-state index contributed by atoms with van der Waals surface area (Å²) in [6.45, 7) is 2.27. The first-order valence-corrected chi connectivity index (χ1v) is 5.76. The van der Waals surface area contributed by atoms with Gasteiger partial charge in [-0.05, 0) is 24.5 Å². The minimum atomic E-state index is 0.131. The number of hydrogen-bond acceptors (Lipinski definition) is 4. The fraction of sp³-hybridized carbons (Fsp3) is 0.538. The van der Waals surface area contributed by atoms with Crippen LogP contribution >= 0.6 is 0 Å². The molecular weight excluding hydrogens is 218 g/mol. The predicted octanol–water partition coefficient (Wildman–Crippen LogP) is 1.96. The quantitative estimate of drug-likeness (QED) is 0.739. The number of methoxy groups -OCH3 is 2. The SMILES string of the molecule is CCC(N)Cc1cccc(OC)c1OCOC. The van der Waals surface area contributed by atoms with Gasteiger partial charge in [-0.2, -0.15) is 0 Å². The minimum Gasteiger partial charge on any atom is -0.493 e. The van der Waals surface area contributed by atoms with Gasteiger partial charge in [0.2, 0.25) is 0 Å². The van der Waals surface area contributed by atoms with E-state index < -0.39 is 0 Å². The summed E-state index contributed by atoms with van der Waals surface area (Å²) in [5, 5.41) is 0. The Labute approximate surface area is 103 Å². The molecule has 0 radical (unpaired) electrons.